The van der Waals surface area contributed by atoms with E-state index in [0.29, 0.717) is 31.6 Å². The number of carbonyl (C=O) groups is 3. The largest absolute Gasteiger partial charge is 0.494 e. The first-order chi connectivity index (χ1) is 16.8. The lowest BCUT2D eigenvalue weighted by molar-refractivity contribution is -0.140. The minimum Gasteiger partial charge on any atom is -0.494 e. The van der Waals surface area contributed by atoms with Crippen LogP contribution in [0.15, 0.2) is 41.8 Å². The Morgan fingerprint density at radius 2 is 1.94 bits per heavy atom. The summed E-state index contributed by atoms with van der Waals surface area (Å²) >= 11 is 1.39. The van der Waals surface area contributed by atoms with Gasteiger partial charge in [0.2, 0.25) is 17.7 Å². The number of thiophene rings is 1. The molecule has 3 amide bonds. The van der Waals surface area contributed by atoms with Crippen molar-refractivity contribution < 1.29 is 19.1 Å². The van der Waals surface area contributed by atoms with E-state index in [1.165, 1.54) is 16.2 Å². The fourth-order valence-electron chi connectivity index (χ4n) is 3.37. The van der Waals surface area contributed by atoms with Crippen molar-refractivity contribution in [3.63, 3.8) is 0 Å². The summed E-state index contributed by atoms with van der Waals surface area (Å²) in [6.07, 6.45) is 1.03. The summed E-state index contributed by atoms with van der Waals surface area (Å²) in [7, 11) is 0. The predicted octanol–water partition coefficient (Wildman–Crippen LogP) is 1.19. The van der Waals surface area contributed by atoms with Crippen molar-refractivity contribution in [3.05, 3.63) is 52.2 Å². The van der Waals surface area contributed by atoms with Gasteiger partial charge in [-0.05, 0) is 44.5 Å². The standard InChI is InChI=1S/C24H34N6O4S/c1-2-30(20(10-11-25)24(33)29-14-19-13-17(16-35-19)23(26)27)22(32)15-28-21(31)9-6-12-34-18-7-4-3-5-8-18/h3-5,7-8,13,16,20H,2,6,9-12,14-15,25H2,1H3,(H3,26,27)(H,28,31)(H,29,33). The summed E-state index contributed by atoms with van der Waals surface area (Å²) < 4.78 is 5.56. The van der Waals surface area contributed by atoms with E-state index in [4.69, 9.17) is 21.6 Å². The number of carbonyl (C=O) groups excluding carboxylic acids is 3. The van der Waals surface area contributed by atoms with Gasteiger partial charge in [0.1, 0.15) is 17.6 Å². The van der Waals surface area contributed by atoms with Gasteiger partial charge in [-0.2, -0.15) is 0 Å². The molecule has 1 unspecified atom stereocenters. The zero-order valence-corrected chi connectivity index (χ0v) is 20.7. The van der Waals surface area contributed by atoms with Crippen LogP contribution < -0.4 is 26.8 Å². The molecule has 0 saturated heterocycles. The number of rotatable bonds is 15. The van der Waals surface area contributed by atoms with E-state index in [-0.39, 0.29) is 49.6 Å². The molecular weight excluding hydrogens is 468 g/mol. The smallest absolute Gasteiger partial charge is 0.243 e. The van der Waals surface area contributed by atoms with Crippen molar-refractivity contribution in [1.82, 2.24) is 15.5 Å². The van der Waals surface area contributed by atoms with Crippen molar-refractivity contribution in [2.24, 2.45) is 11.5 Å². The molecule has 35 heavy (non-hydrogen) atoms. The molecule has 1 aromatic heterocycles. The summed E-state index contributed by atoms with van der Waals surface area (Å²) in [5, 5.41) is 14.7. The first-order valence-electron chi connectivity index (χ1n) is 11.5. The van der Waals surface area contributed by atoms with E-state index in [0.717, 1.165) is 10.6 Å². The number of likely N-dealkylation sites (N-methyl/N-ethyl adjacent to an activating group) is 1. The second-order valence-corrected chi connectivity index (χ2v) is 8.74. The first kappa shape index (κ1) is 27.8. The molecular formula is C24H34N6O4S. The minimum atomic E-state index is -0.749. The van der Waals surface area contributed by atoms with Crippen molar-refractivity contribution in [1.29, 1.82) is 5.41 Å². The lowest BCUT2D eigenvalue weighted by atomic mass is 10.1. The van der Waals surface area contributed by atoms with Crippen LogP contribution in [0.1, 0.15) is 36.6 Å². The highest BCUT2D eigenvalue weighted by Crippen LogP contribution is 2.14. The lowest BCUT2D eigenvalue weighted by Crippen LogP contribution is -2.52. The fraction of sp³-hybridized carbons (Fsp3) is 0.417. The number of hydrogen-bond donors (Lipinski definition) is 5. The van der Waals surface area contributed by atoms with Crippen LogP contribution in [0.4, 0.5) is 0 Å². The summed E-state index contributed by atoms with van der Waals surface area (Å²) in [5.41, 5.74) is 11.8. The molecule has 0 bridgehead atoms. The Balaban J connectivity index is 1.81. The van der Waals surface area contributed by atoms with Crippen LogP contribution in [0.25, 0.3) is 0 Å². The van der Waals surface area contributed by atoms with E-state index >= 15 is 0 Å². The molecule has 0 aliphatic rings. The number of amidine groups is 1. The molecule has 2 rings (SSSR count). The molecule has 7 N–H and O–H groups in total. The Morgan fingerprint density at radius 3 is 2.57 bits per heavy atom. The van der Waals surface area contributed by atoms with Crippen LogP contribution in [-0.2, 0) is 20.9 Å². The second kappa shape index (κ2) is 14.7. The predicted molar refractivity (Wildman–Crippen MR) is 136 cm³/mol. The molecule has 1 heterocycles. The van der Waals surface area contributed by atoms with Crippen molar-refractivity contribution in [2.75, 3.05) is 26.2 Å². The molecule has 0 saturated carbocycles. The topological polar surface area (TPSA) is 164 Å². The number of para-hydroxylation sites is 1. The number of hydrogen-bond acceptors (Lipinski definition) is 7. The number of ether oxygens (including phenoxy) is 1. The molecule has 1 aromatic carbocycles. The maximum absolute atomic E-state index is 12.9. The Bertz CT molecular complexity index is 981. The maximum Gasteiger partial charge on any atom is 0.243 e. The molecule has 10 nitrogen and oxygen atoms in total. The van der Waals surface area contributed by atoms with E-state index in [1.54, 1.807) is 18.4 Å². The first-order valence-corrected chi connectivity index (χ1v) is 12.4. The molecule has 0 aliphatic carbocycles. The quantitative estimate of drug-likeness (QED) is 0.139. The van der Waals surface area contributed by atoms with Gasteiger partial charge in [-0.3, -0.25) is 19.8 Å². The number of nitrogens with two attached hydrogens (primary N) is 2. The lowest BCUT2D eigenvalue weighted by Gasteiger charge is -2.30. The van der Waals surface area contributed by atoms with E-state index in [9.17, 15) is 14.4 Å². The van der Waals surface area contributed by atoms with Crippen LogP contribution >= 0.6 is 11.3 Å². The zero-order chi connectivity index (χ0) is 25.6. The number of nitrogen functional groups attached to an aromatic ring is 1. The Hall–Kier alpha value is -3.44. The van der Waals surface area contributed by atoms with Gasteiger partial charge in [0.25, 0.3) is 0 Å². The molecule has 0 fully saturated rings. The van der Waals surface area contributed by atoms with Crippen LogP contribution in [-0.4, -0.2) is 60.7 Å². The summed E-state index contributed by atoms with van der Waals surface area (Å²) in [6, 6.07) is 10.3. The number of nitrogens with one attached hydrogen (secondary N) is 3. The number of nitrogens with zero attached hydrogens (tertiary/aromatic N) is 1. The van der Waals surface area contributed by atoms with Crippen LogP contribution in [0.3, 0.4) is 0 Å². The molecule has 11 heteroatoms. The maximum atomic E-state index is 12.9. The van der Waals surface area contributed by atoms with Gasteiger partial charge >= 0.3 is 0 Å². The SMILES string of the molecule is CCN(C(=O)CNC(=O)CCCOc1ccccc1)C(CCN)C(=O)NCc1cc(C(=N)N)cs1. The van der Waals surface area contributed by atoms with E-state index in [1.807, 2.05) is 30.3 Å². The summed E-state index contributed by atoms with van der Waals surface area (Å²) in [6.45, 7) is 2.74. The highest BCUT2D eigenvalue weighted by atomic mass is 32.1. The third-order valence-electron chi connectivity index (χ3n) is 5.18. The van der Waals surface area contributed by atoms with Gasteiger partial charge in [-0.1, -0.05) is 18.2 Å². The molecule has 190 valence electrons. The third kappa shape index (κ3) is 9.38. The second-order valence-electron chi connectivity index (χ2n) is 7.75. The molecule has 0 aliphatic heterocycles. The monoisotopic (exact) mass is 502 g/mol. The van der Waals surface area contributed by atoms with Crippen molar-refractivity contribution in [2.45, 2.75) is 38.8 Å². The van der Waals surface area contributed by atoms with Crippen molar-refractivity contribution in [3.8, 4) is 5.75 Å². The average Bonchev–Trinajstić information content (AvgIpc) is 3.34. The third-order valence-corrected chi connectivity index (χ3v) is 6.12. The number of amides is 3. The molecule has 2 aromatic rings. The molecule has 0 spiro atoms. The van der Waals surface area contributed by atoms with Crippen LogP contribution in [0.2, 0.25) is 0 Å². The van der Waals surface area contributed by atoms with Crippen LogP contribution in [0, 0.1) is 5.41 Å². The highest BCUT2D eigenvalue weighted by molar-refractivity contribution is 7.10. The number of benzene rings is 1. The van der Waals surface area contributed by atoms with Gasteiger partial charge in [0.15, 0.2) is 0 Å². The minimum absolute atomic E-state index is 0.0339. The fourth-order valence-corrected chi connectivity index (χ4v) is 4.19. The van der Waals surface area contributed by atoms with E-state index in [2.05, 4.69) is 10.6 Å². The van der Waals surface area contributed by atoms with Gasteiger partial charge in [0, 0.05) is 28.8 Å². The summed E-state index contributed by atoms with van der Waals surface area (Å²) in [5.74, 6) is -0.236. The van der Waals surface area contributed by atoms with Gasteiger partial charge in [-0.15, -0.1) is 11.3 Å². The summed E-state index contributed by atoms with van der Waals surface area (Å²) in [4.78, 5) is 40.1. The Kier molecular flexibility index (Phi) is 11.7. The average molecular weight is 503 g/mol. The highest BCUT2D eigenvalue weighted by Gasteiger charge is 2.28. The zero-order valence-electron chi connectivity index (χ0n) is 19.9. The molecule has 1 atom stereocenters. The molecule has 0 radical (unpaired) electrons. The Labute approximate surface area is 209 Å². The van der Waals surface area contributed by atoms with E-state index < -0.39 is 6.04 Å². The Morgan fingerprint density at radius 1 is 1.20 bits per heavy atom. The van der Waals surface area contributed by atoms with Gasteiger partial charge < -0.3 is 31.7 Å². The normalized spacial score (nSPS) is 11.4. The van der Waals surface area contributed by atoms with Crippen molar-refractivity contribution >= 4 is 34.9 Å². The van der Waals surface area contributed by atoms with Crippen LogP contribution in [0.5, 0.6) is 5.75 Å². The van der Waals surface area contributed by atoms with Gasteiger partial charge in [0.05, 0.1) is 19.7 Å². The van der Waals surface area contributed by atoms with Gasteiger partial charge in [-0.25, -0.2) is 0 Å².